The number of carbonyl (C=O) groups excluding carboxylic acids is 1. The van der Waals surface area contributed by atoms with E-state index in [9.17, 15) is 14.9 Å². The van der Waals surface area contributed by atoms with Crippen molar-refractivity contribution in [2.24, 2.45) is 5.92 Å². The largest absolute Gasteiger partial charge is 0.369 e. The summed E-state index contributed by atoms with van der Waals surface area (Å²) >= 11 is 0. The molecule has 1 fully saturated rings. The molecule has 0 radical (unpaired) electrons. The van der Waals surface area contributed by atoms with E-state index in [0.29, 0.717) is 12.0 Å². The van der Waals surface area contributed by atoms with Crippen molar-refractivity contribution in [1.29, 1.82) is 0 Å². The molecular weight excluding hydrogens is 244 g/mol. The summed E-state index contributed by atoms with van der Waals surface area (Å²) in [5.41, 5.74) is 0.970. The Hall–Kier alpha value is -1.91. The summed E-state index contributed by atoms with van der Waals surface area (Å²) in [6, 6.07) is 5.21. The first-order valence-electron chi connectivity index (χ1n) is 6.46. The van der Waals surface area contributed by atoms with E-state index in [1.807, 2.05) is 0 Å². The van der Waals surface area contributed by atoms with E-state index in [1.165, 1.54) is 13.0 Å². The van der Waals surface area contributed by atoms with Crippen LogP contribution in [0.3, 0.4) is 0 Å². The van der Waals surface area contributed by atoms with Gasteiger partial charge in [0.15, 0.2) is 5.78 Å². The van der Waals surface area contributed by atoms with Gasteiger partial charge in [0.2, 0.25) is 0 Å². The van der Waals surface area contributed by atoms with Crippen molar-refractivity contribution >= 4 is 17.2 Å². The fourth-order valence-electron chi connectivity index (χ4n) is 2.80. The van der Waals surface area contributed by atoms with Gasteiger partial charge in [0.25, 0.3) is 5.69 Å². The molecular formula is C14H18N2O3. The molecule has 1 saturated heterocycles. The highest BCUT2D eigenvalue weighted by Gasteiger charge is 2.28. The number of nitro benzene ring substituents is 1. The predicted molar refractivity (Wildman–Crippen MR) is 73.7 cm³/mol. The molecule has 2 atom stereocenters. The first-order chi connectivity index (χ1) is 8.90. The summed E-state index contributed by atoms with van der Waals surface area (Å²) in [6.07, 6.45) is 1.10. The molecule has 1 aromatic carbocycles. The van der Waals surface area contributed by atoms with Crippen molar-refractivity contribution in [2.45, 2.75) is 33.2 Å². The van der Waals surface area contributed by atoms with E-state index < -0.39 is 4.92 Å². The van der Waals surface area contributed by atoms with Crippen LogP contribution in [-0.2, 0) is 0 Å². The van der Waals surface area contributed by atoms with Gasteiger partial charge in [-0.25, -0.2) is 0 Å². The van der Waals surface area contributed by atoms with E-state index in [0.717, 1.165) is 18.7 Å². The van der Waals surface area contributed by atoms with Gasteiger partial charge in [0.1, 0.15) is 0 Å². The quantitative estimate of drug-likeness (QED) is 0.477. The smallest absolute Gasteiger partial charge is 0.280 e. The van der Waals surface area contributed by atoms with Crippen LogP contribution in [0.4, 0.5) is 11.4 Å². The van der Waals surface area contributed by atoms with E-state index in [2.05, 4.69) is 18.7 Å². The van der Waals surface area contributed by atoms with E-state index >= 15 is 0 Å². The normalized spacial score (nSPS) is 22.6. The fourth-order valence-corrected chi connectivity index (χ4v) is 2.80. The van der Waals surface area contributed by atoms with Gasteiger partial charge in [-0.05, 0) is 38.3 Å². The Labute approximate surface area is 112 Å². The van der Waals surface area contributed by atoms with Crippen molar-refractivity contribution < 1.29 is 9.72 Å². The summed E-state index contributed by atoms with van der Waals surface area (Å²) in [5.74, 6) is 0.333. The first-order valence-corrected chi connectivity index (χ1v) is 6.46. The van der Waals surface area contributed by atoms with Crippen LogP contribution in [0, 0.1) is 16.0 Å². The van der Waals surface area contributed by atoms with Crippen molar-refractivity contribution in [3.8, 4) is 0 Å². The number of hydrogen-bond acceptors (Lipinski definition) is 4. The molecule has 0 aliphatic carbocycles. The Morgan fingerprint density at radius 1 is 1.42 bits per heavy atom. The van der Waals surface area contributed by atoms with Crippen LogP contribution < -0.4 is 4.90 Å². The highest BCUT2D eigenvalue weighted by atomic mass is 16.6. The first kappa shape index (κ1) is 13.5. The highest BCUT2D eigenvalue weighted by molar-refractivity contribution is 5.99. The molecule has 5 heteroatoms. The molecule has 0 bridgehead atoms. The average molecular weight is 262 g/mol. The number of rotatable bonds is 3. The third kappa shape index (κ3) is 2.59. The van der Waals surface area contributed by atoms with Crippen molar-refractivity contribution in [3.05, 3.63) is 33.9 Å². The zero-order chi connectivity index (χ0) is 14.2. The Bertz CT molecular complexity index is 527. The van der Waals surface area contributed by atoms with Gasteiger partial charge in [0, 0.05) is 24.3 Å². The van der Waals surface area contributed by atoms with Crippen LogP contribution in [0.2, 0.25) is 0 Å². The van der Waals surface area contributed by atoms with Crippen LogP contribution in [0.15, 0.2) is 18.2 Å². The lowest BCUT2D eigenvalue weighted by molar-refractivity contribution is -0.385. The van der Waals surface area contributed by atoms with Crippen molar-refractivity contribution in [3.63, 3.8) is 0 Å². The minimum Gasteiger partial charge on any atom is -0.369 e. The third-order valence-electron chi connectivity index (χ3n) is 3.67. The number of carbonyl (C=O) groups is 1. The molecule has 1 aliphatic rings. The Morgan fingerprint density at radius 2 is 2.11 bits per heavy atom. The van der Waals surface area contributed by atoms with Gasteiger partial charge in [-0.1, -0.05) is 6.92 Å². The summed E-state index contributed by atoms with van der Waals surface area (Å²) in [7, 11) is 0. The molecule has 0 saturated carbocycles. The molecule has 0 spiro atoms. The topological polar surface area (TPSA) is 63.5 Å². The van der Waals surface area contributed by atoms with Gasteiger partial charge >= 0.3 is 0 Å². The minimum absolute atomic E-state index is 0.115. The fraction of sp³-hybridized carbons (Fsp3) is 0.500. The number of nitro groups is 1. The van der Waals surface area contributed by atoms with Crippen LogP contribution in [0.25, 0.3) is 0 Å². The number of nitrogens with zero attached hydrogens (tertiary/aromatic N) is 2. The maximum Gasteiger partial charge on any atom is 0.280 e. The standard InChI is InChI=1S/C14H18N2O3/c1-9-6-10(2)15(8-9)12-4-5-14(16(18)19)13(7-12)11(3)17/h4-5,7,9-10H,6,8H2,1-3H3. The Morgan fingerprint density at radius 3 is 2.58 bits per heavy atom. The zero-order valence-corrected chi connectivity index (χ0v) is 11.4. The molecule has 0 N–H and O–H groups in total. The van der Waals surface area contributed by atoms with Gasteiger partial charge in [-0.15, -0.1) is 0 Å². The van der Waals surface area contributed by atoms with Crippen LogP contribution in [0.5, 0.6) is 0 Å². The Kier molecular flexibility index (Phi) is 3.55. The van der Waals surface area contributed by atoms with E-state index in [1.54, 1.807) is 12.1 Å². The monoisotopic (exact) mass is 262 g/mol. The zero-order valence-electron chi connectivity index (χ0n) is 11.4. The molecule has 0 aromatic heterocycles. The number of anilines is 1. The molecule has 1 aromatic rings. The summed E-state index contributed by atoms with van der Waals surface area (Å²) < 4.78 is 0. The Balaban J connectivity index is 2.41. The second-order valence-electron chi connectivity index (χ2n) is 5.36. The lowest BCUT2D eigenvalue weighted by atomic mass is 10.1. The van der Waals surface area contributed by atoms with Crippen LogP contribution >= 0.6 is 0 Å². The summed E-state index contributed by atoms with van der Waals surface area (Å²) in [4.78, 5) is 24.2. The molecule has 5 nitrogen and oxygen atoms in total. The second-order valence-corrected chi connectivity index (χ2v) is 5.36. The maximum atomic E-state index is 11.6. The summed E-state index contributed by atoms with van der Waals surface area (Å²) in [6.45, 7) is 6.62. The second kappa shape index (κ2) is 4.99. The van der Waals surface area contributed by atoms with E-state index in [4.69, 9.17) is 0 Å². The van der Waals surface area contributed by atoms with Gasteiger partial charge in [-0.2, -0.15) is 0 Å². The maximum absolute atomic E-state index is 11.6. The minimum atomic E-state index is -0.503. The molecule has 1 heterocycles. The lowest BCUT2D eigenvalue weighted by Gasteiger charge is -2.24. The van der Waals surface area contributed by atoms with E-state index in [-0.39, 0.29) is 17.0 Å². The summed E-state index contributed by atoms with van der Waals surface area (Å²) in [5, 5.41) is 10.9. The molecule has 2 rings (SSSR count). The van der Waals surface area contributed by atoms with Crippen LogP contribution in [0.1, 0.15) is 37.6 Å². The third-order valence-corrected chi connectivity index (χ3v) is 3.67. The van der Waals surface area contributed by atoms with Crippen LogP contribution in [-0.4, -0.2) is 23.3 Å². The lowest BCUT2D eigenvalue weighted by Crippen LogP contribution is -2.26. The van der Waals surface area contributed by atoms with Gasteiger partial charge in [0.05, 0.1) is 10.5 Å². The van der Waals surface area contributed by atoms with Crippen molar-refractivity contribution in [1.82, 2.24) is 0 Å². The number of benzene rings is 1. The molecule has 2 unspecified atom stereocenters. The average Bonchev–Trinajstić information content (AvgIpc) is 2.67. The SMILES string of the molecule is CC(=O)c1cc(N2CC(C)CC2C)ccc1[N+](=O)[O-]. The number of hydrogen-bond donors (Lipinski definition) is 0. The van der Waals surface area contributed by atoms with Gasteiger partial charge < -0.3 is 4.90 Å². The molecule has 1 aliphatic heterocycles. The number of ketones is 1. The molecule has 0 amide bonds. The highest BCUT2D eigenvalue weighted by Crippen LogP contribution is 2.32. The number of Topliss-reactive ketones (excluding diaryl/α,β-unsaturated/α-hetero) is 1. The molecule has 19 heavy (non-hydrogen) atoms. The predicted octanol–water partition coefficient (Wildman–Crippen LogP) is 3.03. The van der Waals surface area contributed by atoms with Crippen molar-refractivity contribution in [2.75, 3.05) is 11.4 Å². The van der Waals surface area contributed by atoms with Gasteiger partial charge in [-0.3, -0.25) is 14.9 Å². The molecule has 102 valence electrons.